The van der Waals surface area contributed by atoms with Crippen LogP contribution in [0.2, 0.25) is 0 Å². The lowest BCUT2D eigenvalue weighted by molar-refractivity contribution is -0.137. The summed E-state index contributed by atoms with van der Waals surface area (Å²) in [7, 11) is -3.99. The van der Waals surface area contributed by atoms with E-state index in [4.69, 9.17) is 10.8 Å². The van der Waals surface area contributed by atoms with Gasteiger partial charge < -0.3 is 10.8 Å². The molecule has 7 heteroatoms. The molecule has 1 rings (SSSR count). The van der Waals surface area contributed by atoms with Gasteiger partial charge in [0.1, 0.15) is 0 Å². The largest absolute Gasteiger partial charge is 0.481 e. The van der Waals surface area contributed by atoms with Gasteiger partial charge in [0.2, 0.25) is 6.29 Å². The second-order valence-electron chi connectivity index (χ2n) is 4.14. The van der Waals surface area contributed by atoms with E-state index in [2.05, 4.69) is 0 Å². The van der Waals surface area contributed by atoms with Gasteiger partial charge in [-0.25, -0.2) is 8.42 Å². The molecule has 0 aliphatic rings. The molecule has 19 heavy (non-hydrogen) atoms. The lowest BCUT2D eigenvalue weighted by Crippen LogP contribution is -2.43. The fourth-order valence-electron chi connectivity index (χ4n) is 1.58. The molecule has 2 atom stereocenters. The van der Waals surface area contributed by atoms with E-state index in [1.54, 1.807) is 19.1 Å². The molecule has 1 unspecified atom stereocenters. The first kappa shape index (κ1) is 15.3. The molecule has 6 nitrogen and oxygen atoms in total. The molecule has 0 aliphatic heterocycles. The predicted molar refractivity (Wildman–Crippen MR) is 68.1 cm³/mol. The second-order valence-corrected chi connectivity index (χ2v) is 6.30. The van der Waals surface area contributed by atoms with E-state index < -0.39 is 33.5 Å². The molecule has 0 heterocycles. The number of rotatable bonds is 6. The van der Waals surface area contributed by atoms with E-state index in [1.807, 2.05) is 0 Å². The molecule has 0 saturated carbocycles. The van der Waals surface area contributed by atoms with Gasteiger partial charge in [0.05, 0.1) is 22.6 Å². The van der Waals surface area contributed by atoms with Crippen molar-refractivity contribution >= 4 is 22.1 Å². The lowest BCUT2D eigenvalue weighted by Gasteiger charge is -2.18. The van der Waals surface area contributed by atoms with Crippen LogP contribution in [0.4, 0.5) is 0 Å². The highest BCUT2D eigenvalue weighted by Crippen LogP contribution is 2.20. The minimum Gasteiger partial charge on any atom is -0.481 e. The van der Waals surface area contributed by atoms with Gasteiger partial charge in [-0.1, -0.05) is 17.7 Å². The first-order chi connectivity index (χ1) is 8.78. The Morgan fingerprint density at radius 1 is 1.37 bits per heavy atom. The Hall–Kier alpha value is -1.73. The number of hydrogen-bond acceptors (Lipinski definition) is 5. The Balaban J connectivity index is 3.22. The Morgan fingerprint density at radius 2 is 1.89 bits per heavy atom. The molecular formula is C12H14NO5S. The van der Waals surface area contributed by atoms with Gasteiger partial charge in [-0.15, -0.1) is 0 Å². The van der Waals surface area contributed by atoms with E-state index in [-0.39, 0.29) is 4.90 Å². The summed E-state index contributed by atoms with van der Waals surface area (Å²) in [5, 5.41) is 7.21. The van der Waals surface area contributed by atoms with Crippen LogP contribution in [0.5, 0.6) is 0 Å². The van der Waals surface area contributed by atoms with Crippen LogP contribution in [0.15, 0.2) is 29.2 Å². The van der Waals surface area contributed by atoms with Crippen molar-refractivity contribution in [3.05, 3.63) is 29.8 Å². The van der Waals surface area contributed by atoms with Crippen molar-refractivity contribution in [2.24, 2.45) is 5.73 Å². The van der Waals surface area contributed by atoms with Crippen LogP contribution in [0.25, 0.3) is 0 Å². The zero-order valence-corrected chi connectivity index (χ0v) is 11.1. The lowest BCUT2D eigenvalue weighted by atomic mass is 10.2. The summed E-state index contributed by atoms with van der Waals surface area (Å²) in [5.41, 5.74) is 6.21. The number of sulfone groups is 1. The van der Waals surface area contributed by atoms with E-state index in [0.717, 1.165) is 5.56 Å². The molecule has 1 aromatic rings. The molecule has 0 fully saturated rings. The van der Waals surface area contributed by atoms with Crippen LogP contribution in [-0.4, -0.2) is 37.1 Å². The average molecular weight is 284 g/mol. The van der Waals surface area contributed by atoms with Crippen molar-refractivity contribution in [2.75, 3.05) is 0 Å². The zero-order valence-electron chi connectivity index (χ0n) is 10.2. The van der Waals surface area contributed by atoms with Crippen molar-refractivity contribution in [1.82, 2.24) is 0 Å². The third-order valence-corrected chi connectivity index (χ3v) is 4.85. The van der Waals surface area contributed by atoms with Gasteiger partial charge in [0, 0.05) is 0 Å². The van der Waals surface area contributed by atoms with Crippen molar-refractivity contribution in [3.8, 4) is 0 Å². The summed E-state index contributed by atoms with van der Waals surface area (Å²) < 4.78 is 24.5. The SMILES string of the molecule is Cc1ccc(S(=O)(=O)C(CC(=O)O)[C@H](N)[C]=O)cc1. The second kappa shape index (κ2) is 5.94. The highest BCUT2D eigenvalue weighted by molar-refractivity contribution is 7.92. The highest BCUT2D eigenvalue weighted by Gasteiger charge is 2.35. The Labute approximate surface area is 111 Å². The quantitative estimate of drug-likeness (QED) is 0.762. The number of carboxylic acid groups (broad SMARTS) is 1. The molecule has 0 amide bonds. The van der Waals surface area contributed by atoms with E-state index in [0.29, 0.717) is 0 Å². The number of carbonyl (C=O) groups is 1. The molecule has 3 N–H and O–H groups in total. The number of benzene rings is 1. The number of carbonyl (C=O) groups excluding carboxylic acids is 1. The zero-order chi connectivity index (χ0) is 14.6. The normalized spacial score (nSPS) is 14.6. The Kier molecular flexibility index (Phi) is 4.79. The fourth-order valence-corrected chi connectivity index (χ4v) is 3.25. The van der Waals surface area contributed by atoms with Crippen molar-refractivity contribution < 1.29 is 23.1 Å². The van der Waals surface area contributed by atoms with Crippen LogP contribution in [0.1, 0.15) is 12.0 Å². The molecular weight excluding hydrogens is 270 g/mol. The summed E-state index contributed by atoms with van der Waals surface area (Å²) in [5.74, 6) is -1.34. The Bertz CT molecular complexity index is 564. The van der Waals surface area contributed by atoms with Crippen LogP contribution in [-0.2, 0) is 19.4 Å². The fraction of sp³-hybridized carbons (Fsp3) is 0.333. The summed E-state index contributed by atoms with van der Waals surface area (Å²) >= 11 is 0. The van der Waals surface area contributed by atoms with Crippen LogP contribution in [0.3, 0.4) is 0 Å². The molecule has 0 bridgehead atoms. The monoisotopic (exact) mass is 284 g/mol. The van der Waals surface area contributed by atoms with Crippen LogP contribution >= 0.6 is 0 Å². The number of nitrogens with two attached hydrogens (primary N) is 1. The van der Waals surface area contributed by atoms with Gasteiger partial charge in [-0.3, -0.25) is 9.59 Å². The standard InChI is InChI=1S/C12H14NO5S/c1-8-2-4-9(5-3-8)19(17,18)11(6-12(15)16)10(13)7-14/h2-5,10-11H,6,13H2,1H3,(H,15,16)/t10-,11?/m1/s1. The summed E-state index contributed by atoms with van der Waals surface area (Å²) in [6.45, 7) is 1.79. The van der Waals surface area contributed by atoms with Gasteiger partial charge in [0.25, 0.3) is 0 Å². The maximum absolute atomic E-state index is 12.3. The van der Waals surface area contributed by atoms with Gasteiger partial charge >= 0.3 is 5.97 Å². The summed E-state index contributed by atoms with van der Waals surface area (Å²) in [6.07, 6.45) is 0.599. The number of aliphatic carboxylic acids is 1. The summed E-state index contributed by atoms with van der Waals surface area (Å²) in [4.78, 5) is 21.2. The summed E-state index contributed by atoms with van der Waals surface area (Å²) in [6, 6.07) is 4.39. The van der Waals surface area contributed by atoms with Gasteiger partial charge in [-0.2, -0.15) is 0 Å². The van der Waals surface area contributed by atoms with E-state index in [9.17, 15) is 18.0 Å². The topological polar surface area (TPSA) is 115 Å². The molecule has 0 aromatic heterocycles. The molecule has 0 aliphatic carbocycles. The Morgan fingerprint density at radius 3 is 2.32 bits per heavy atom. The van der Waals surface area contributed by atoms with Gasteiger partial charge in [0.15, 0.2) is 9.84 Å². The minimum absolute atomic E-state index is 0.0601. The molecule has 0 spiro atoms. The maximum Gasteiger partial charge on any atom is 0.304 e. The minimum atomic E-state index is -3.99. The highest BCUT2D eigenvalue weighted by atomic mass is 32.2. The molecule has 0 saturated heterocycles. The smallest absolute Gasteiger partial charge is 0.304 e. The third-order valence-electron chi connectivity index (χ3n) is 2.66. The molecule has 103 valence electrons. The maximum atomic E-state index is 12.3. The van der Waals surface area contributed by atoms with Crippen LogP contribution in [0, 0.1) is 6.92 Å². The number of carboxylic acids is 1. The van der Waals surface area contributed by atoms with E-state index in [1.165, 1.54) is 18.4 Å². The number of aryl methyl sites for hydroxylation is 1. The van der Waals surface area contributed by atoms with E-state index >= 15 is 0 Å². The first-order valence-electron chi connectivity index (χ1n) is 5.44. The van der Waals surface area contributed by atoms with Crippen molar-refractivity contribution in [1.29, 1.82) is 0 Å². The average Bonchev–Trinajstić information content (AvgIpc) is 2.35. The third kappa shape index (κ3) is 3.62. The first-order valence-corrected chi connectivity index (χ1v) is 6.99. The molecule has 1 aromatic carbocycles. The molecule has 1 radical (unpaired) electrons. The van der Waals surface area contributed by atoms with Gasteiger partial charge in [-0.05, 0) is 19.1 Å². The van der Waals surface area contributed by atoms with Crippen LogP contribution < -0.4 is 5.73 Å². The number of hydrogen-bond donors (Lipinski definition) is 2. The van der Waals surface area contributed by atoms with Crippen molar-refractivity contribution in [2.45, 2.75) is 29.5 Å². The predicted octanol–water partition coefficient (Wildman–Crippen LogP) is 0.0490. The van der Waals surface area contributed by atoms with Crippen molar-refractivity contribution in [3.63, 3.8) is 0 Å².